The molecule has 0 fully saturated rings. The number of halogens is 2. The highest BCUT2D eigenvalue weighted by Crippen LogP contribution is 2.33. The lowest BCUT2D eigenvalue weighted by Gasteiger charge is -2.09. The number of hydrogen-bond acceptors (Lipinski definition) is 9. The molecule has 0 aliphatic carbocycles. The highest BCUT2D eigenvalue weighted by molar-refractivity contribution is 6.10. The Labute approximate surface area is 202 Å². The minimum atomic E-state index is -0.757. The number of aromatic nitrogens is 6. The molecule has 36 heavy (non-hydrogen) atoms. The van der Waals surface area contributed by atoms with E-state index in [1.807, 2.05) is 30.3 Å². The molecule has 0 bridgehead atoms. The SMILES string of the molecule is Cn1nnnc1/C(=N\OCc1nnc(-c2ccccc2Oc2cc(F)cc(F)c2)o1)c1ccccc1. The first-order valence-corrected chi connectivity index (χ1v) is 10.6. The number of nitrogens with zero attached hydrogens (tertiary/aromatic N) is 7. The van der Waals surface area contributed by atoms with Gasteiger partial charge in [-0.1, -0.05) is 47.6 Å². The van der Waals surface area contributed by atoms with Crippen molar-refractivity contribution in [1.29, 1.82) is 0 Å². The third-order valence-electron chi connectivity index (χ3n) is 4.87. The summed E-state index contributed by atoms with van der Waals surface area (Å²) in [7, 11) is 1.69. The van der Waals surface area contributed by atoms with Crippen LogP contribution in [0.15, 0.2) is 82.4 Å². The van der Waals surface area contributed by atoms with E-state index in [1.54, 1.807) is 31.3 Å². The summed E-state index contributed by atoms with van der Waals surface area (Å²) in [6.07, 6.45) is 0. The van der Waals surface area contributed by atoms with Crippen molar-refractivity contribution in [3.05, 3.63) is 102 Å². The fourth-order valence-electron chi connectivity index (χ4n) is 3.27. The monoisotopic (exact) mass is 489 g/mol. The van der Waals surface area contributed by atoms with Gasteiger partial charge in [0.05, 0.1) is 5.56 Å². The Morgan fingerprint density at radius 3 is 2.44 bits per heavy atom. The summed E-state index contributed by atoms with van der Waals surface area (Å²) in [6.45, 7) is -0.132. The van der Waals surface area contributed by atoms with Crippen molar-refractivity contribution >= 4 is 5.71 Å². The smallest absolute Gasteiger partial charge is 0.257 e. The van der Waals surface area contributed by atoms with Gasteiger partial charge in [0, 0.05) is 30.8 Å². The molecule has 5 aromatic rings. The molecule has 12 heteroatoms. The lowest BCUT2D eigenvalue weighted by molar-refractivity contribution is 0.111. The van der Waals surface area contributed by atoms with E-state index in [4.69, 9.17) is 14.0 Å². The van der Waals surface area contributed by atoms with Crippen LogP contribution in [0.5, 0.6) is 11.5 Å². The average Bonchev–Trinajstić information content (AvgIpc) is 3.51. The standard InChI is InChI=1S/C24H17F2N7O3/c1-33-23(28-31-32-33)22(15-7-3-2-4-8-15)30-34-14-21-27-29-24(36-21)19-9-5-6-10-20(19)35-18-12-16(25)11-17(26)13-18/h2-13H,14H2,1H3/b30-22-. The summed E-state index contributed by atoms with van der Waals surface area (Å²) < 4.78 is 40.0. The topological polar surface area (TPSA) is 113 Å². The molecule has 0 radical (unpaired) electrons. The number of rotatable bonds is 8. The molecule has 5 rings (SSSR count). The fraction of sp³-hybridized carbons (Fsp3) is 0.0833. The van der Waals surface area contributed by atoms with Gasteiger partial charge in [-0.3, -0.25) is 0 Å². The van der Waals surface area contributed by atoms with E-state index in [0.29, 0.717) is 17.1 Å². The number of benzene rings is 3. The average molecular weight is 489 g/mol. The number of oxime groups is 1. The van der Waals surface area contributed by atoms with Gasteiger partial charge in [-0.2, -0.15) is 0 Å². The zero-order valence-corrected chi connectivity index (χ0v) is 18.7. The molecule has 0 aliphatic rings. The molecule has 0 saturated carbocycles. The number of para-hydroxylation sites is 1. The number of ether oxygens (including phenoxy) is 1. The first-order valence-electron chi connectivity index (χ1n) is 10.6. The van der Waals surface area contributed by atoms with Crippen LogP contribution in [0.1, 0.15) is 17.3 Å². The van der Waals surface area contributed by atoms with E-state index in [1.165, 1.54) is 4.68 Å². The molecule has 0 saturated heterocycles. The van der Waals surface area contributed by atoms with E-state index < -0.39 is 11.6 Å². The van der Waals surface area contributed by atoms with E-state index in [2.05, 4.69) is 30.9 Å². The first-order chi connectivity index (χ1) is 17.6. The maximum atomic E-state index is 13.6. The summed E-state index contributed by atoms with van der Waals surface area (Å²) in [4.78, 5) is 5.48. The maximum absolute atomic E-state index is 13.6. The summed E-state index contributed by atoms with van der Waals surface area (Å²) in [6, 6.07) is 18.9. The summed E-state index contributed by atoms with van der Waals surface area (Å²) in [5.74, 6) is -0.566. The predicted octanol–water partition coefficient (Wildman–Crippen LogP) is 4.30. The lowest BCUT2D eigenvalue weighted by atomic mass is 10.1. The summed E-state index contributed by atoms with van der Waals surface area (Å²) >= 11 is 0. The van der Waals surface area contributed by atoms with Crippen LogP contribution < -0.4 is 4.74 Å². The van der Waals surface area contributed by atoms with Gasteiger partial charge in [0.25, 0.3) is 11.8 Å². The van der Waals surface area contributed by atoms with E-state index in [9.17, 15) is 8.78 Å². The minimum absolute atomic E-state index is 0.0101. The van der Waals surface area contributed by atoms with Crippen LogP contribution >= 0.6 is 0 Å². The highest BCUT2D eigenvalue weighted by Gasteiger charge is 2.17. The summed E-state index contributed by atoms with van der Waals surface area (Å²) in [5, 5.41) is 23.7. The molecule has 2 heterocycles. The van der Waals surface area contributed by atoms with Gasteiger partial charge in [0.2, 0.25) is 5.82 Å². The second-order valence-electron chi connectivity index (χ2n) is 7.41. The van der Waals surface area contributed by atoms with Crippen LogP contribution in [0.4, 0.5) is 8.78 Å². The molecule has 180 valence electrons. The Kier molecular flexibility index (Phi) is 6.38. The highest BCUT2D eigenvalue weighted by atomic mass is 19.1. The molecular weight excluding hydrogens is 472 g/mol. The van der Waals surface area contributed by atoms with Crippen molar-refractivity contribution in [2.45, 2.75) is 6.61 Å². The molecule has 2 aromatic heterocycles. The Morgan fingerprint density at radius 2 is 1.69 bits per heavy atom. The van der Waals surface area contributed by atoms with Crippen molar-refractivity contribution < 1.29 is 22.8 Å². The Balaban J connectivity index is 1.35. The van der Waals surface area contributed by atoms with Crippen LogP contribution in [-0.2, 0) is 18.5 Å². The molecule has 0 aliphatic heterocycles. The number of aryl methyl sites for hydroxylation is 1. The van der Waals surface area contributed by atoms with Gasteiger partial charge in [0.1, 0.15) is 23.1 Å². The minimum Gasteiger partial charge on any atom is -0.456 e. The third-order valence-corrected chi connectivity index (χ3v) is 4.87. The normalized spacial score (nSPS) is 11.5. The number of tetrazole rings is 1. The van der Waals surface area contributed by atoms with Gasteiger partial charge >= 0.3 is 0 Å². The van der Waals surface area contributed by atoms with Gasteiger partial charge in [-0.05, 0) is 22.6 Å². The van der Waals surface area contributed by atoms with Gasteiger partial charge < -0.3 is 14.0 Å². The zero-order valence-electron chi connectivity index (χ0n) is 18.7. The van der Waals surface area contributed by atoms with Crippen molar-refractivity contribution in [3.8, 4) is 23.0 Å². The Hall–Kier alpha value is -5.00. The molecule has 0 spiro atoms. The molecule has 0 atom stereocenters. The van der Waals surface area contributed by atoms with E-state index >= 15 is 0 Å². The Morgan fingerprint density at radius 1 is 0.944 bits per heavy atom. The van der Waals surface area contributed by atoms with Crippen molar-refractivity contribution in [2.24, 2.45) is 12.2 Å². The largest absolute Gasteiger partial charge is 0.456 e. The number of hydrogen-bond donors (Lipinski definition) is 0. The van der Waals surface area contributed by atoms with Crippen LogP contribution in [0.2, 0.25) is 0 Å². The molecule has 0 unspecified atom stereocenters. The third kappa shape index (κ3) is 5.06. The van der Waals surface area contributed by atoms with Crippen LogP contribution in [0.25, 0.3) is 11.5 Å². The first kappa shape index (κ1) is 22.8. The summed E-state index contributed by atoms with van der Waals surface area (Å²) in [5.41, 5.74) is 1.60. The zero-order chi connectivity index (χ0) is 24.9. The van der Waals surface area contributed by atoms with Crippen LogP contribution in [0, 0.1) is 11.6 Å². The van der Waals surface area contributed by atoms with Gasteiger partial charge in [0.15, 0.2) is 12.3 Å². The Bertz CT molecular complexity index is 1500. The van der Waals surface area contributed by atoms with Crippen molar-refractivity contribution in [2.75, 3.05) is 0 Å². The fourth-order valence-corrected chi connectivity index (χ4v) is 3.27. The van der Waals surface area contributed by atoms with Crippen LogP contribution in [0.3, 0.4) is 0 Å². The maximum Gasteiger partial charge on any atom is 0.257 e. The van der Waals surface area contributed by atoms with Crippen molar-refractivity contribution in [3.63, 3.8) is 0 Å². The molecule has 3 aromatic carbocycles. The lowest BCUT2D eigenvalue weighted by Crippen LogP contribution is -2.12. The second kappa shape index (κ2) is 10.1. The van der Waals surface area contributed by atoms with Gasteiger partial charge in [-0.15, -0.1) is 15.3 Å². The molecule has 0 N–H and O–H groups in total. The van der Waals surface area contributed by atoms with Crippen LogP contribution in [-0.4, -0.2) is 36.1 Å². The molecule has 10 nitrogen and oxygen atoms in total. The van der Waals surface area contributed by atoms with Gasteiger partial charge in [-0.25, -0.2) is 13.5 Å². The second-order valence-corrected chi connectivity index (χ2v) is 7.41. The van der Waals surface area contributed by atoms with E-state index in [-0.39, 0.29) is 29.9 Å². The van der Waals surface area contributed by atoms with E-state index in [0.717, 1.165) is 23.8 Å². The predicted molar refractivity (Wildman–Crippen MR) is 122 cm³/mol. The molecular formula is C24H17F2N7O3. The molecule has 0 amide bonds. The quantitative estimate of drug-likeness (QED) is 0.234. The van der Waals surface area contributed by atoms with Crippen molar-refractivity contribution in [1.82, 2.24) is 30.4 Å².